The number of aliphatic hydroxyl groups excluding tert-OH is 2. The van der Waals surface area contributed by atoms with Crippen LogP contribution in [0.3, 0.4) is 0 Å². The van der Waals surface area contributed by atoms with Crippen molar-refractivity contribution >= 4 is 17.5 Å². The molecule has 0 aromatic heterocycles. The Hall–Kier alpha value is -1.79. The number of esters is 1. The number of Topliss-reactive ketones (excluding diaryl/α,β-unsaturated/α-hetero) is 1. The zero-order valence-electron chi connectivity index (χ0n) is 18.2. The molecule has 6 nitrogen and oxygen atoms in total. The molecule has 3 fully saturated rings. The van der Waals surface area contributed by atoms with Gasteiger partial charge in [0.15, 0.2) is 11.4 Å². The van der Waals surface area contributed by atoms with E-state index in [0.29, 0.717) is 19.3 Å². The van der Waals surface area contributed by atoms with Crippen molar-refractivity contribution in [2.75, 3.05) is 6.61 Å². The molecule has 0 aromatic carbocycles. The first-order chi connectivity index (χ1) is 14.0. The number of aliphatic hydroxyl groups is 2. The van der Waals surface area contributed by atoms with Crippen molar-refractivity contribution in [3.05, 3.63) is 23.8 Å². The SMILES string of the molecule is CC(=O)O[C@@]1(C(=O)CO)CC[C@H]2[C@@H]3CC(C)C4=CC(=O)C=C[C@]4(C)[C@H]3[C@@H](O)C[C@@]21C. The fourth-order valence-corrected chi connectivity index (χ4v) is 7.79. The van der Waals surface area contributed by atoms with Gasteiger partial charge < -0.3 is 14.9 Å². The molecule has 2 N–H and O–H groups in total. The van der Waals surface area contributed by atoms with Crippen LogP contribution in [0.4, 0.5) is 0 Å². The predicted molar refractivity (Wildman–Crippen MR) is 109 cm³/mol. The Morgan fingerprint density at radius 1 is 1.30 bits per heavy atom. The third-order valence-corrected chi connectivity index (χ3v) is 8.85. The zero-order chi connectivity index (χ0) is 22.1. The van der Waals surface area contributed by atoms with Crippen molar-refractivity contribution in [1.29, 1.82) is 0 Å². The van der Waals surface area contributed by atoms with Crippen LogP contribution in [-0.4, -0.2) is 46.1 Å². The molecule has 4 aliphatic rings. The first-order valence-electron chi connectivity index (χ1n) is 11.0. The molecule has 0 bridgehead atoms. The molecule has 0 aliphatic heterocycles. The second kappa shape index (κ2) is 6.86. The van der Waals surface area contributed by atoms with Gasteiger partial charge in [-0.25, -0.2) is 0 Å². The van der Waals surface area contributed by atoms with Crippen molar-refractivity contribution in [2.45, 2.75) is 65.1 Å². The Labute approximate surface area is 177 Å². The summed E-state index contributed by atoms with van der Waals surface area (Å²) in [5, 5.41) is 21.1. The monoisotopic (exact) mass is 416 g/mol. The second-order valence-electron chi connectivity index (χ2n) is 10.3. The molecule has 0 spiro atoms. The molecule has 0 aromatic rings. The van der Waals surface area contributed by atoms with Crippen molar-refractivity contribution in [1.82, 2.24) is 0 Å². The van der Waals surface area contributed by atoms with E-state index in [2.05, 4.69) is 13.8 Å². The third-order valence-electron chi connectivity index (χ3n) is 8.85. The van der Waals surface area contributed by atoms with Crippen LogP contribution in [-0.2, 0) is 19.1 Å². The lowest BCUT2D eigenvalue weighted by Crippen LogP contribution is -2.63. The molecule has 4 rings (SSSR count). The van der Waals surface area contributed by atoms with Crippen LogP contribution in [0.25, 0.3) is 0 Å². The number of allylic oxidation sites excluding steroid dienone is 4. The van der Waals surface area contributed by atoms with E-state index in [0.717, 1.165) is 12.0 Å². The lowest BCUT2D eigenvalue weighted by molar-refractivity contribution is -0.199. The third kappa shape index (κ3) is 2.65. The first kappa shape index (κ1) is 21.4. The highest BCUT2D eigenvalue weighted by atomic mass is 16.6. The molecule has 3 saturated carbocycles. The molecule has 164 valence electrons. The standard InChI is InChI=1S/C24H32O6/c1-13-9-16-17-6-8-24(20(29)12-25,30-14(2)26)23(17,4)11-19(28)21(16)22(3)7-5-15(27)10-18(13)22/h5,7,10,13,16-17,19,21,25,28H,6,8-9,11-12H2,1-4H3/t13?,16-,17-,19-,21+,22-,23-,24+/m0/s1. The summed E-state index contributed by atoms with van der Waals surface area (Å²) >= 11 is 0. The largest absolute Gasteiger partial charge is 0.451 e. The van der Waals surface area contributed by atoms with Crippen LogP contribution in [0.1, 0.15) is 53.4 Å². The summed E-state index contributed by atoms with van der Waals surface area (Å²) in [6.45, 7) is 6.77. The Bertz CT molecular complexity index is 858. The highest BCUT2D eigenvalue weighted by molar-refractivity contribution is 6.01. The van der Waals surface area contributed by atoms with E-state index in [1.165, 1.54) is 6.92 Å². The molecule has 4 aliphatic carbocycles. The van der Waals surface area contributed by atoms with Gasteiger partial charge >= 0.3 is 5.97 Å². The predicted octanol–water partition coefficient (Wildman–Crippen LogP) is 2.37. The maximum absolute atomic E-state index is 12.9. The summed E-state index contributed by atoms with van der Waals surface area (Å²) in [6, 6.07) is 0. The van der Waals surface area contributed by atoms with Gasteiger partial charge in [0.05, 0.1) is 6.10 Å². The summed E-state index contributed by atoms with van der Waals surface area (Å²) < 4.78 is 5.70. The maximum atomic E-state index is 12.9. The van der Waals surface area contributed by atoms with Gasteiger partial charge in [0.25, 0.3) is 0 Å². The Morgan fingerprint density at radius 2 is 2.00 bits per heavy atom. The van der Waals surface area contributed by atoms with Crippen molar-refractivity contribution in [3.63, 3.8) is 0 Å². The number of ketones is 2. The van der Waals surface area contributed by atoms with E-state index < -0.39 is 40.9 Å². The lowest BCUT2D eigenvalue weighted by atomic mass is 9.44. The van der Waals surface area contributed by atoms with E-state index in [1.807, 2.05) is 13.0 Å². The Balaban J connectivity index is 1.80. The molecule has 30 heavy (non-hydrogen) atoms. The quantitative estimate of drug-likeness (QED) is 0.685. The van der Waals surface area contributed by atoms with Crippen LogP contribution in [0.15, 0.2) is 23.8 Å². The van der Waals surface area contributed by atoms with E-state index >= 15 is 0 Å². The number of ether oxygens (including phenoxy) is 1. The average Bonchev–Trinajstić information content (AvgIpc) is 2.94. The molecule has 0 amide bonds. The maximum Gasteiger partial charge on any atom is 0.303 e. The summed E-state index contributed by atoms with van der Waals surface area (Å²) in [7, 11) is 0. The smallest absolute Gasteiger partial charge is 0.303 e. The second-order valence-corrected chi connectivity index (χ2v) is 10.3. The molecule has 6 heteroatoms. The summed E-state index contributed by atoms with van der Waals surface area (Å²) in [4.78, 5) is 36.9. The van der Waals surface area contributed by atoms with Gasteiger partial charge in [-0.1, -0.05) is 32.4 Å². The summed E-state index contributed by atoms with van der Waals surface area (Å²) in [5.74, 6) is -0.724. The molecular formula is C24H32O6. The Morgan fingerprint density at radius 3 is 2.63 bits per heavy atom. The van der Waals surface area contributed by atoms with Gasteiger partial charge in [-0.2, -0.15) is 0 Å². The number of fused-ring (bicyclic) bond motifs is 5. The number of carbonyl (C=O) groups is 3. The fourth-order valence-electron chi connectivity index (χ4n) is 7.79. The van der Waals surface area contributed by atoms with Crippen molar-refractivity contribution in [2.24, 2.45) is 34.5 Å². The van der Waals surface area contributed by atoms with Crippen LogP contribution in [0, 0.1) is 34.5 Å². The summed E-state index contributed by atoms with van der Waals surface area (Å²) in [6.07, 6.45) is 6.77. The minimum absolute atomic E-state index is 0.00815. The minimum atomic E-state index is -1.40. The first-order valence-corrected chi connectivity index (χ1v) is 11.0. The van der Waals surface area contributed by atoms with Crippen LogP contribution >= 0.6 is 0 Å². The van der Waals surface area contributed by atoms with Gasteiger partial charge in [0.2, 0.25) is 5.78 Å². The normalized spacial score (nSPS) is 47.1. The fraction of sp³-hybridized carbons (Fsp3) is 0.708. The van der Waals surface area contributed by atoms with Crippen LogP contribution < -0.4 is 0 Å². The van der Waals surface area contributed by atoms with Gasteiger partial charge in [-0.05, 0) is 55.6 Å². The van der Waals surface area contributed by atoms with Gasteiger partial charge in [-0.15, -0.1) is 0 Å². The zero-order valence-corrected chi connectivity index (χ0v) is 18.2. The highest BCUT2D eigenvalue weighted by Crippen LogP contribution is 2.68. The average molecular weight is 417 g/mol. The number of carbonyl (C=O) groups excluding carboxylic acids is 3. The highest BCUT2D eigenvalue weighted by Gasteiger charge is 2.70. The molecule has 1 unspecified atom stereocenters. The molecule has 8 atom stereocenters. The molecule has 0 radical (unpaired) electrons. The van der Waals surface area contributed by atoms with Gasteiger partial charge in [-0.3, -0.25) is 14.4 Å². The van der Waals surface area contributed by atoms with Gasteiger partial charge in [0.1, 0.15) is 6.61 Å². The molecule has 0 heterocycles. The molecule has 0 saturated heterocycles. The van der Waals surface area contributed by atoms with E-state index in [4.69, 9.17) is 4.74 Å². The molecular weight excluding hydrogens is 384 g/mol. The van der Waals surface area contributed by atoms with Crippen molar-refractivity contribution < 1.29 is 29.3 Å². The van der Waals surface area contributed by atoms with E-state index in [9.17, 15) is 24.6 Å². The van der Waals surface area contributed by atoms with E-state index in [-0.39, 0.29) is 29.5 Å². The van der Waals surface area contributed by atoms with Crippen LogP contribution in [0.5, 0.6) is 0 Å². The number of hydrogen-bond donors (Lipinski definition) is 2. The minimum Gasteiger partial charge on any atom is -0.451 e. The van der Waals surface area contributed by atoms with Crippen molar-refractivity contribution in [3.8, 4) is 0 Å². The Kier molecular flexibility index (Phi) is 4.90. The van der Waals surface area contributed by atoms with Gasteiger partial charge in [0, 0.05) is 23.7 Å². The summed E-state index contributed by atoms with van der Waals surface area (Å²) in [5.41, 5.74) is -1.48. The van der Waals surface area contributed by atoms with Crippen LogP contribution in [0.2, 0.25) is 0 Å². The van der Waals surface area contributed by atoms with E-state index in [1.54, 1.807) is 12.2 Å². The lowest BCUT2D eigenvalue weighted by Gasteiger charge is -2.61. The topological polar surface area (TPSA) is 101 Å². The number of hydrogen-bond acceptors (Lipinski definition) is 6. The number of rotatable bonds is 3.